The molecule has 2 aromatic heterocycles. The fraction of sp³-hybridized carbons (Fsp3) is 0.0714. The molecular formula is C14H10Br2ClN3S. The summed E-state index contributed by atoms with van der Waals surface area (Å²) in [5, 5.41) is 5.26. The first-order valence-electron chi connectivity index (χ1n) is 6.01. The number of hydrogen-bond acceptors (Lipinski definition) is 3. The number of anilines is 1. The second-order valence-electron chi connectivity index (χ2n) is 4.48. The van der Waals surface area contributed by atoms with Crippen LogP contribution in [0.4, 0.5) is 5.82 Å². The van der Waals surface area contributed by atoms with Crippen molar-refractivity contribution in [3.05, 3.63) is 42.9 Å². The smallest absolute Gasteiger partial charge is 0.129 e. The van der Waals surface area contributed by atoms with Crippen LogP contribution in [0.3, 0.4) is 0 Å². The van der Waals surface area contributed by atoms with E-state index in [1.807, 2.05) is 37.4 Å². The van der Waals surface area contributed by atoms with E-state index in [2.05, 4.69) is 37.0 Å². The molecule has 21 heavy (non-hydrogen) atoms. The molecule has 0 unspecified atom stereocenters. The minimum Gasteiger partial charge on any atom is -0.383 e. The predicted octanol–water partition coefficient (Wildman–Crippen LogP) is 5.58. The van der Waals surface area contributed by atoms with Gasteiger partial charge in [-0.25, -0.2) is 0 Å². The number of nitrogens with two attached hydrogens (primary N) is 1. The number of thiophene rings is 1. The molecule has 2 N–H and O–H groups in total. The summed E-state index contributed by atoms with van der Waals surface area (Å²) in [6.07, 6.45) is 0. The Morgan fingerprint density at radius 1 is 1.24 bits per heavy atom. The molecule has 0 atom stereocenters. The maximum absolute atomic E-state index is 6.21. The predicted molar refractivity (Wildman–Crippen MR) is 96.8 cm³/mol. The SMILES string of the molecule is Cn1nc(-c2cc(Br)sc2Br)c(-c2ccc(Cl)cc2)c1N. The number of nitrogen functional groups attached to an aromatic ring is 1. The van der Waals surface area contributed by atoms with Gasteiger partial charge in [-0.05, 0) is 55.6 Å². The van der Waals surface area contributed by atoms with Gasteiger partial charge in [0.25, 0.3) is 0 Å². The number of rotatable bonds is 2. The minimum atomic E-state index is 0.626. The largest absolute Gasteiger partial charge is 0.383 e. The molecule has 0 saturated carbocycles. The third-order valence-corrected chi connectivity index (χ3v) is 5.73. The molecule has 0 aliphatic carbocycles. The van der Waals surface area contributed by atoms with Crippen LogP contribution in [0.1, 0.15) is 0 Å². The van der Waals surface area contributed by atoms with Crippen molar-refractivity contribution in [2.75, 3.05) is 5.73 Å². The Bertz CT molecular complexity index is 808. The lowest BCUT2D eigenvalue weighted by molar-refractivity contribution is 0.782. The van der Waals surface area contributed by atoms with Crippen LogP contribution in [-0.4, -0.2) is 9.78 Å². The van der Waals surface area contributed by atoms with E-state index in [-0.39, 0.29) is 0 Å². The van der Waals surface area contributed by atoms with E-state index in [4.69, 9.17) is 17.3 Å². The number of aryl methyl sites for hydroxylation is 1. The van der Waals surface area contributed by atoms with Crippen molar-refractivity contribution < 1.29 is 0 Å². The van der Waals surface area contributed by atoms with Crippen LogP contribution in [0.25, 0.3) is 22.4 Å². The first-order valence-corrected chi connectivity index (χ1v) is 8.79. The number of halogens is 3. The van der Waals surface area contributed by atoms with E-state index in [0.717, 1.165) is 30.0 Å². The third-order valence-electron chi connectivity index (χ3n) is 3.14. The van der Waals surface area contributed by atoms with Crippen LogP contribution < -0.4 is 5.73 Å². The molecule has 0 spiro atoms. The van der Waals surface area contributed by atoms with Gasteiger partial charge in [0, 0.05) is 17.6 Å². The highest BCUT2D eigenvalue weighted by Crippen LogP contribution is 2.43. The van der Waals surface area contributed by atoms with Crippen LogP contribution >= 0.6 is 54.8 Å². The first kappa shape index (κ1) is 15.1. The van der Waals surface area contributed by atoms with Gasteiger partial charge < -0.3 is 5.73 Å². The average molecular weight is 448 g/mol. The number of aromatic nitrogens is 2. The Morgan fingerprint density at radius 2 is 1.90 bits per heavy atom. The van der Waals surface area contributed by atoms with Crippen molar-refractivity contribution in [3.63, 3.8) is 0 Å². The Morgan fingerprint density at radius 3 is 2.48 bits per heavy atom. The topological polar surface area (TPSA) is 43.8 Å². The Balaban J connectivity index is 2.25. The van der Waals surface area contributed by atoms with Gasteiger partial charge in [-0.15, -0.1) is 11.3 Å². The van der Waals surface area contributed by atoms with Crippen LogP contribution in [0.2, 0.25) is 5.02 Å². The van der Waals surface area contributed by atoms with Gasteiger partial charge in [0.1, 0.15) is 11.5 Å². The van der Waals surface area contributed by atoms with Gasteiger partial charge in [0.2, 0.25) is 0 Å². The summed E-state index contributed by atoms with van der Waals surface area (Å²) >= 11 is 14.7. The second-order valence-corrected chi connectivity index (χ2v) is 8.66. The number of benzene rings is 1. The van der Waals surface area contributed by atoms with Crippen LogP contribution in [0, 0.1) is 0 Å². The van der Waals surface area contributed by atoms with Gasteiger partial charge in [0.15, 0.2) is 0 Å². The van der Waals surface area contributed by atoms with Crippen molar-refractivity contribution in [3.8, 4) is 22.4 Å². The molecule has 108 valence electrons. The normalized spacial score (nSPS) is 11.0. The molecule has 7 heteroatoms. The maximum Gasteiger partial charge on any atom is 0.129 e. The fourth-order valence-corrected chi connectivity index (χ4v) is 5.06. The molecule has 0 radical (unpaired) electrons. The van der Waals surface area contributed by atoms with E-state index in [1.165, 1.54) is 0 Å². The van der Waals surface area contributed by atoms with Crippen LogP contribution in [0.15, 0.2) is 37.9 Å². The van der Waals surface area contributed by atoms with E-state index in [9.17, 15) is 0 Å². The van der Waals surface area contributed by atoms with Gasteiger partial charge >= 0.3 is 0 Å². The highest BCUT2D eigenvalue weighted by molar-refractivity contribution is 9.12. The molecule has 0 aliphatic heterocycles. The summed E-state index contributed by atoms with van der Waals surface area (Å²) in [4.78, 5) is 0. The van der Waals surface area contributed by atoms with E-state index in [1.54, 1.807) is 16.0 Å². The standard InChI is InChI=1S/C14H10Br2ClN3S/c1-20-14(18)11(7-2-4-8(17)5-3-7)12(19-20)9-6-10(15)21-13(9)16/h2-6H,18H2,1H3. The monoisotopic (exact) mass is 445 g/mol. The summed E-state index contributed by atoms with van der Waals surface area (Å²) in [5.41, 5.74) is 9.99. The first-order chi connectivity index (χ1) is 9.97. The average Bonchev–Trinajstić information content (AvgIpc) is 2.92. The third kappa shape index (κ3) is 2.77. The molecule has 0 aliphatic rings. The highest BCUT2D eigenvalue weighted by Gasteiger charge is 2.20. The zero-order chi connectivity index (χ0) is 15.1. The van der Waals surface area contributed by atoms with Gasteiger partial charge in [-0.1, -0.05) is 23.7 Å². The highest BCUT2D eigenvalue weighted by atomic mass is 79.9. The van der Waals surface area contributed by atoms with Crippen molar-refractivity contribution in [2.24, 2.45) is 7.05 Å². The lowest BCUT2D eigenvalue weighted by Gasteiger charge is -2.04. The lowest BCUT2D eigenvalue weighted by atomic mass is 10.0. The van der Waals surface area contributed by atoms with Crippen LogP contribution in [-0.2, 0) is 7.05 Å². The van der Waals surface area contributed by atoms with Crippen molar-refractivity contribution in [2.45, 2.75) is 0 Å². The van der Waals surface area contributed by atoms with E-state index < -0.39 is 0 Å². The summed E-state index contributed by atoms with van der Waals surface area (Å²) in [7, 11) is 1.84. The van der Waals surface area contributed by atoms with E-state index in [0.29, 0.717) is 10.8 Å². The molecule has 0 amide bonds. The molecule has 3 rings (SSSR count). The summed E-state index contributed by atoms with van der Waals surface area (Å²) < 4.78 is 3.75. The summed E-state index contributed by atoms with van der Waals surface area (Å²) in [6.45, 7) is 0. The van der Waals surface area contributed by atoms with Crippen molar-refractivity contribution in [1.82, 2.24) is 9.78 Å². The number of nitrogens with zero attached hydrogens (tertiary/aromatic N) is 2. The lowest BCUT2D eigenvalue weighted by Crippen LogP contribution is -1.97. The zero-order valence-electron chi connectivity index (χ0n) is 10.9. The number of hydrogen-bond donors (Lipinski definition) is 1. The quantitative estimate of drug-likeness (QED) is 0.558. The molecule has 2 heterocycles. The zero-order valence-corrected chi connectivity index (χ0v) is 15.6. The maximum atomic E-state index is 6.21. The molecule has 3 aromatic rings. The molecule has 0 saturated heterocycles. The molecular weight excluding hydrogens is 438 g/mol. The Labute approximate surface area is 148 Å². The molecule has 1 aromatic carbocycles. The van der Waals surface area contributed by atoms with Gasteiger partial charge in [-0.3, -0.25) is 4.68 Å². The van der Waals surface area contributed by atoms with Crippen molar-refractivity contribution >= 4 is 60.6 Å². The van der Waals surface area contributed by atoms with Crippen molar-refractivity contribution in [1.29, 1.82) is 0 Å². The Hall–Kier alpha value is -0.820. The minimum absolute atomic E-state index is 0.626. The second kappa shape index (κ2) is 5.76. The molecule has 0 bridgehead atoms. The van der Waals surface area contributed by atoms with E-state index >= 15 is 0 Å². The Kier molecular flexibility index (Phi) is 4.14. The van der Waals surface area contributed by atoms with Gasteiger partial charge in [0.05, 0.1) is 13.1 Å². The molecule has 3 nitrogen and oxygen atoms in total. The van der Waals surface area contributed by atoms with Gasteiger partial charge in [-0.2, -0.15) is 5.10 Å². The summed E-state index contributed by atoms with van der Waals surface area (Å²) in [5.74, 6) is 0.626. The molecule has 0 fully saturated rings. The summed E-state index contributed by atoms with van der Waals surface area (Å²) in [6, 6.07) is 9.65. The fourth-order valence-electron chi connectivity index (χ4n) is 2.13. The van der Waals surface area contributed by atoms with Crippen LogP contribution in [0.5, 0.6) is 0 Å².